The van der Waals surface area contributed by atoms with Crippen LogP contribution in [0, 0.1) is 11.8 Å². The van der Waals surface area contributed by atoms with Crippen molar-refractivity contribution in [1.29, 1.82) is 0 Å². The zero-order valence-corrected chi connectivity index (χ0v) is 18.6. The molecule has 0 aliphatic heterocycles. The second-order valence-electron chi connectivity index (χ2n) is 7.41. The summed E-state index contributed by atoms with van der Waals surface area (Å²) in [6.07, 6.45) is -0.543. The molecule has 17 nitrogen and oxygen atoms in total. The molecule has 2 fully saturated rings. The highest BCUT2D eigenvalue weighted by Gasteiger charge is 2.79. The smallest absolute Gasteiger partial charge is 0.388 e. The minimum Gasteiger partial charge on any atom is -0.388 e. The van der Waals surface area contributed by atoms with Gasteiger partial charge in [0.15, 0.2) is 11.5 Å². The number of nitrogens with two attached hydrogens (primary N) is 1. The number of nitrogens with zero attached hydrogens (tertiary/aromatic N) is 4. The first-order chi connectivity index (χ1) is 14.6. The van der Waals surface area contributed by atoms with Crippen LogP contribution in [0.1, 0.15) is 13.0 Å². The summed E-state index contributed by atoms with van der Waals surface area (Å²) in [5, 5.41) is 21.7. The summed E-state index contributed by atoms with van der Waals surface area (Å²) >= 11 is 0. The lowest BCUT2D eigenvalue weighted by atomic mass is 9.97. The number of phosphoric acid groups is 3. The number of aromatic nitrogens is 4. The lowest BCUT2D eigenvalue weighted by Crippen LogP contribution is -2.38. The van der Waals surface area contributed by atoms with Gasteiger partial charge in [0.25, 0.3) is 0 Å². The highest BCUT2D eigenvalue weighted by Crippen LogP contribution is 2.71. The van der Waals surface area contributed by atoms with E-state index in [9.17, 15) is 33.7 Å². The highest BCUT2D eigenvalue weighted by molar-refractivity contribution is 7.66. The first-order valence-electron chi connectivity index (χ1n) is 8.73. The SMILES string of the molecule is C[C@@H]1[C@@H](n2cnc3c(N)ncnc32)[C@H](O)[C@@]2(O)C(OP(=O)(O)OP(=O)(O)OP(=O)(O)O)[C@@H]12. The average Bonchev–Trinajstić information content (AvgIpc) is 2.90. The molecule has 3 unspecified atom stereocenters. The van der Waals surface area contributed by atoms with E-state index in [0.717, 1.165) is 0 Å². The molecule has 8 atom stereocenters. The predicted molar refractivity (Wildman–Crippen MR) is 101 cm³/mol. The Morgan fingerprint density at radius 1 is 1.09 bits per heavy atom. The van der Waals surface area contributed by atoms with Crippen LogP contribution in [0.15, 0.2) is 12.7 Å². The molecule has 2 heterocycles. The number of aliphatic hydroxyl groups excluding tert-OH is 1. The Bertz CT molecular complexity index is 1220. The van der Waals surface area contributed by atoms with Crippen LogP contribution >= 0.6 is 23.5 Å². The molecular formula is C12H18N5O12P3. The van der Waals surface area contributed by atoms with Crippen LogP contribution in [0.25, 0.3) is 11.2 Å². The Morgan fingerprint density at radius 3 is 2.31 bits per heavy atom. The summed E-state index contributed by atoms with van der Waals surface area (Å²) in [5.74, 6) is -1.42. The van der Waals surface area contributed by atoms with Crippen molar-refractivity contribution < 1.29 is 56.6 Å². The van der Waals surface area contributed by atoms with Gasteiger partial charge in [-0.05, 0) is 5.92 Å². The maximum atomic E-state index is 12.1. The maximum absolute atomic E-state index is 12.1. The van der Waals surface area contributed by atoms with Crippen molar-refractivity contribution in [2.24, 2.45) is 11.8 Å². The van der Waals surface area contributed by atoms with E-state index in [1.165, 1.54) is 17.2 Å². The van der Waals surface area contributed by atoms with E-state index < -0.39 is 59.2 Å². The van der Waals surface area contributed by atoms with Crippen molar-refractivity contribution >= 4 is 40.4 Å². The largest absolute Gasteiger partial charge is 0.490 e. The van der Waals surface area contributed by atoms with Crippen LogP contribution < -0.4 is 5.73 Å². The molecule has 0 spiro atoms. The van der Waals surface area contributed by atoms with Gasteiger partial charge in [-0.15, -0.1) is 0 Å². The molecule has 2 aromatic rings. The molecule has 4 rings (SSSR count). The van der Waals surface area contributed by atoms with Crippen molar-refractivity contribution in [3.8, 4) is 0 Å². The fraction of sp³-hybridized carbons (Fsp3) is 0.583. The molecule has 0 aromatic carbocycles. The fourth-order valence-electron chi connectivity index (χ4n) is 4.31. The van der Waals surface area contributed by atoms with Gasteiger partial charge in [-0.2, -0.15) is 8.62 Å². The van der Waals surface area contributed by atoms with Crippen LogP contribution in [0.4, 0.5) is 5.82 Å². The second kappa shape index (κ2) is 7.34. The Kier molecular flexibility index (Phi) is 5.46. The molecule has 8 N–H and O–H groups in total. The van der Waals surface area contributed by atoms with Crippen molar-refractivity contribution in [3.05, 3.63) is 12.7 Å². The van der Waals surface area contributed by atoms with E-state index in [1.807, 2.05) is 0 Å². The van der Waals surface area contributed by atoms with E-state index >= 15 is 0 Å². The molecule has 2 aliphatic rings. The number of aliphatic hydroxyl groups is 2. The number of nitrogen functional groups attached to an aromatic ring is 1. The first-order valence-corrected chi connectivity index (χ1v) is 13.3. The number of phosphoric ester groups is 1. The molecular weight excluding hydrogens is 499 g/mol. The predicted octanol–water partition coefficient (Wildman–Crippen LogP) is -0.967. The number of fused-ring (bicyclic) bond motifs is 2. The summed E-state index contributed by atoms with van der Waals surface area (Å²) in [6.45, 7) is 1.60. The number of hydrogen-bond acceptors (Lipinski definition) is 12. The van der Waals surface area contributed by atoms with Gasteiger partial charge in [0, 0.05) is 5.92 Å². The molecule has 178 valence electrons. The van der Waals surface area contributed by atoms with Crippen LogP contribution in [-0.4, -0.2) is 67.1 Å². The Morgan fingerprint density at radius 2 is 1.75 bits per heavy atom. The zero-order chi connectivity index (χ0) is 23.9. The quantitative estimate of drug-likeness (QED) is 0.218. The number of hydrogen-bond donors (Lipinski definition) is 7. The molecule has 20 heteroatoms. The molecule has 0 radical (unpaired) electrons. The molecule has 0 bridgehead atoms. The van der Waals surface area contributed by atoms with Crippen molar-refractivity contribution in [3.63, 3.8) is 0 Å². The van der Waals surface area contributed by atoms with Gasteiger partial charge in [-0.1, -0.05) is 6.92 Å². The molecule has 2 aromatic heterocycles. The molecule has 2 saturated carbocycles. The monoisotopic (exact) mass is 517 g/mol. The normalized spacial score (nSPS) is 35.9. The summed E-state index contributed by atoms with van der Waals surface area (Å²) < 4.78 is 47.8. The number of anilines is 1. The van der Waals surface area contributed by atoms with Gasteiger partial charge in [-0.3, -0.25) is 4.52 Å². The van der Waals surface area contributed by atoms with Gasteiger partial charge >= 0.3 is 23.5 Å². The van der Waals surface area contributed by atoms with E-state index in [1.54, 1.807) is 6.92 Å². The zero-order valence-electron chi connectivity index (χ0n) is 15.9. The van der Waals surface area contributed by atoms with Crippen LogP contribution in [0.2, 0.25) is 0 Å². The summed E-state index contributed by atoms with van der Waals surface area (Å²) in [4.78, 5) is 48.1. The van der Waals surface area contributed by atoms with Gasteiger partial charge in [0.1, 0.15) is 29.7 Å². The van der Waals surface area contributed by atoms with Crippen molar-refractivity contribution in [2.75, 3.05) is 5.73 Å². The van der Waals surface area contributed by atoms with Gasteiger partial charge in [0.2, 0.25) is 0 Å². The third kappa shape index (κ3) is 3.94. The number of rotatable bonds is 7. The number of imidazole rings is 1. The lowest BCUT2D eigenvalue weighted by molar-refractivity contribution is -0.0421. The van der Waals surface area contributed by atoms with Crippen molar-refractivity contribution in [1.82, 2.24) is 19.5 Å². The molecule has 0 saturated heterocycles. The molecule has 0 amide bonds. The van der Waals surface area contributed by atoms with Crippen molar-refractivity contribution in [2.45, 2.75) is 30.8 Å². The summed E-state index contributed by atoms with van der Waals surface area (Å²) in [5.41, 5.74) is 4.24. The van der Waals surface area contributed by atoms with Gasteiger partial charge in [0.05, 0.1) is 12.4 Å². The van der Waals surface area contributed by atoms with Crippen LogP contribution in [-0.2, 0) is 26.8 Å². The fourth-order valence-corrected chi connectivity index (χ4v) is 7.56. The topological polar surface area (TPSA) is 270 Å². The van der Waals surface area contributed by atoms with Crippen LogP contribution in [0.3, 0.4) is 0 Å². The second-order valence-corrected chi connectivity index (χ2v) is 11.8. The average molecular weight is 517 g/mol. The van der Waals surface area contributed by atoms with E-state index in [-0.39, 0.29) is 17.0 Å². The Hall–Kier alpha value is -1.32. The van der Waals surface area contributed by atoms with Gasteiger partial charge < -0.3 is 40.1 Å². The Labute approximate surface area is 178 Å². The Balaban J connectivity index is 1.53. The minimum absolute atomic E-state index is 0.100. The summed E-state index contributed by atoms with van der Waals surface area (Å²) in [6, 6.07) is -0.801. The van der Waals surface area contributed by atoms with E-state index in [0.29, 0.717) is 0 Å². The standard InChI is InChI=1S/C12H18N5O12P3/c1-4-5-9(27-31(23,24)29-32(25,26)28-30(20,21)22)12(5,19)8(18)7(4)17-3-16-6-10(13)14-2-15-11(6)17/h2-5,7-9,18-19H,1H3,(H,23,24)(H,25,26)(H2,13,14,15)(H2,20,21,22)/t4-,5+,7+,8-,9?,12+/m0/s1. The van der Waals surface area contributed by atoms with Crippen LogP contribution in [0.5, 0.6) is 0 Å². The molecule has 32 heavy (non-hydrogen) atoms. The van der Waals surface area contributed by atoms with Gasteiger partial charge in [-0.25, -0.2) is 28.6 Å². The highest BCUT2D eigenvalue weighted by atomic mass is 31.3. The third-order valence-electron chi connectivity index (χ3n) is 5.48. The summed E-state index contributed by atoms with van der Waals surface area (Å²) in [7, 11) is -16.7. The van der Waals surface area contributed by atoms with E-state index in [4.69, 9.17) is 20.0 Å². The lowest BCUT2D eigenvalue weighted by Gasteiger charge is -2.28. The minimum atomic E-state index is -5.71. The maximum Gasteiger partial charge on any atom is 0.490 e. The van der Waals surface area contributed by atoms with E-state index in [2.05, 4.69) is 23.6 Å². The third-order valence-corrected chi connectivity index (χ3v) is 9.30. The first kappa shape index (κ1) is 23.8. The molecule has 2 aliphatic carbocycles.